The van der Waals surface area contributed by atoms with E-state index < -0.39 is 0 Å². The molecule has 2 aromatic heterocycles. The third-order valence-corrected chi connectivity index (χ3v) is 7.95. The maximum atomic E-state index is 13.5. The van der Waals surface area contributed by atoms with E-state index in [2.05, 4.69) is 57.4 Å². The van der Waals surface area contributed by atoms with Crippen LogP contribution in [0.2, 0.25) is 0 Å². The second-order valence-electron chi connectivity index (χ2n) is 9.76. The van der Waals surface area contributed by atoms with E-state index in [0.29, 0.717) is 13.1 Å². The van der Waals surface area contributed by atoms with Crippen molar-refractivity contribution in [2.75, 3.05) is 51.3 Å². The van der Waals surface area contributed by atoms with Gasteiger partial charge in [0, 0.05) is 67.7 Å². The molecule has 0 saturated carbocycles. The molecule has 1 aliphatic heterocycles. The van der Waals surface area contributed by atoms with Crippen LogP contribution in [0.5, 0.6) is 0 Å². The van der Waals surface area contributed by atoms with Gasteiger partial charge in [-0.15, -0.1) is 11.3 Å². The number of hydrogen-bond donors (Lipinski definition) is 1. The monoisotopic (exact) mass is 517 g/mol. The number of aryl methyl sites for hydroxylation is 3. The maximum Gasteiger partial charge on any atom is 0.321 e. The number of nitrogens with one attached hydrogen (secondary N) is 1. The van der Waals surface area contributed by atoms with Crippen LogP contribution in [-0.4, -0.2) is 71.2 Å². The number of nitrogens with zero attached hydrogens (tertiary/aromatic N) is 4. The molecule has 1 fully saturated rings. The molecule has 0 atom stereocenters. The van der Waals surface area contributed by atoms with Crippen molar-refractivity contribution in [3.63, 3.8) is 0 Å². The van der Waals surface area contributed by atoms with Crippen molar-refractivity contribution in [2.45, 2.75) is 27.2 Å². The van der Waals surface area contributed by atoms with E-state index in [4.69, 9.17) is 9.72 Å². The van der Waals surface area contributed by atoms with Crippen molar-refractivity contribution in [2.24, 2.45) is 0 Å². The van der Waals surface area contributed by atoms with Gasteiger partial charge in [-0.25, -0.2) is 9.78 Å². The zero-order valence-corrected chi connectivity index (χ0v) is 22.7. The minimum Gasteiger partial charge on any atom is -0.379 e. The molecule has 4 aromatic rings. The van der Waals surface area contributed by atoms with Crippen LogP contribution in [0.15, 0.2) is 54.0 Å². The number of ether oxygens (including phenoxy) is 1. The van der Waals surface area contributed by atoms with Crippen molar-refractivity contribution < 1.29 is 9.53 Å². The Morgan fingerprint density at radius 2 is 1.78 bits per heavy atom. The van der Waals surface area contributed by atoms with Gasteiger partial charge in [0.25, 0.3) is 0 Å². The summed E-state index contributed by atoms with van der Waals surface area (Å²) in [5.41, 5.74) is 7.55. The Morgan fingerprint density at radius 1 is 1.05 bits per heavy atom. The number of fused-ring (bicyclic) bond motifs is 1. The van der Waals surface area contributed by atoms with Crippen LogP contribution in [0, 0.1) is 20.8 Å². The van der Waals surface area contributed by atoms with Crippen molar-refractivity contribution in [3.05, 3.63) is 76.4 Å². The van der Waals surface area contributed by atoms with Crippen LogP contribution in [0.4, 0.5) is 10.5 Å². The average molecular weight is 518 g/mol. The second kappa shape index (κ2) is 11.5. The first-order valence-electron chi connectivity index (χ1n) is 12.9. The number of thiazole rings is 1. The number of morpholine rings is 1. The maximum absolute atomic E-state index is 13.5. The predicted octanol–water partition coefficient (Wildman–Crippen LogP) is 5.40. The fourth-order valence-corrected chi connectivity index (χ4v) is 5.63. The molecule has 1 aliphatic rings. The Labute approximate surface area is 222 Å². The Balaban J connectivity index is 1.31. The van der Waals surface area contributed by atoms with E-state index >= 15 is 0 Å². The summed E-state index contributed by atoms with van der Waals surface area (Å²) in [5, 5.41) is 5.35. The molecule has 2 aromatic carbocycles. The quantitative estimate of drug-likeness (QED) is 0.340. The lowest BCUT2D eigenvalue weighted by Gasteiger charge is -2.30. The molecule has 3 heterocycles. The first kappa shape index (κ1) is 25.4. The third kappa shape index (κ3) is 6.04. The number of rotatable bonds is 8. The molecule has 1 N–H and O–H groups in total. The zero-order valence-electron chi connectivity index (χ0n) is 21.9. The van der Waals surface area contributed by atoms with Crippen LogP contribution in [0.25, 0.3) is 16.2 Å². The number of aromatic nitrogens is 2. The largest absolute Gasteiger partial charge is 0.379 e. The van der Waals surface area contributed by atoms with E-state index in [-0.39, 0.29) is 6.03 Å². The molecular formula is C29H35N5O2S. The smallest absolute Gasteiger partial charge is 0.321 e. The molecule has 2 amide bonds. The van der Waals surface area contributed by atoms with Crippen molar-refractivity contribution in [1.29, 1.82) is 0 Å². The van der Waals surface area contributed by atoms with Gasteiger partial charge >= 0.3 is 6.03 Å². The fraction of sp³-hybridized carbons (Fsp3) is 0.379. The van der Waals surface area contributed by atoms with Crippen molar-refractivity contribution in [1.82, 2.24) is 19.2 Å². The van der Waals surface area contributed by atoms with Crippen LogP contribution >= 0.6 is 11.3 Å². The van der Waals surface area contributed by atoms with Crippen LogP contribution in [0.1, 0.15) is 22.4 Å². The molecule has 7 nitrogen and oxygen atoms in total. The second-order valence-corrected chi connectivity index (χ2v) is 10.6. The summed E-state index contributed by atoms with van der Waals surface area (Å²) < 4.78 is 7.66. The molecular weight excluding hydrogens is 482 g/mol. The number of anilines is 1. The summed E-state index contributed by atoms with van der Waals surface area (Å²) in [6, 6.07) is 14.5. The Hall–Kier alpha value is -3.20. The fourth-order valence-electron chi connectivity index (χ4n) is 4.72. The van der Waals surface area contributed by atoms with Crippen molar-refractivity contribution >= 4 is 28.0 Å². The highest BCUT2D eigenvalue weighted by molar-refractivity contribution is 7.15. The molecule has 8 heteroatoms. The van der Waals surface area contributed by atoms with E-state index in [9.17, 15) is 4.79 Å². The number of hydrogen-bond acceptors (Lipinski definition) is 5. The van der Waals surface area contributed by atoms with E-state index in [1.165, 1.54) is 11.3 Å². The number of amides is 2. The molecule has 1 saturated heterocycles. The summed E-state index contributed by atoms with van der Waals surface area (Å²) in [4.78, 5) is 23.6. The number of urea groups is 1. The number of imidazole rings is 1. The predicted molar refractivity (Wildman–Crippen MR) is 151 cm³/mol. The zero-order chi connectivity index (χ0) is 25.8. The number of carbonyl (C=O) groups excluding carboxylic acids is 1. The van der Waals surface area contributed by atoms with Gasteiger partial charge < -0.3 is 15.0 Å². The molecule has 0 bridgehead atoms. The van der Waals surface area contributed by atoms with Gasteiger partial charge in [-0.2, -0.15) is 0 Å². The van der Waals surface area contributed by atoms with E-state index in [1.54, 1.807) is 11.3 Å². The molecule has 0 radical (unpaired) electrons. The first-order valence-corrected chi connectivity index (χ1v) is 13.8. The lowest BCUT2D eigenvalue weighted by molar-refractivity contribution is 0.0352. The van der Waals surface area contributed by atoms with Gasteiger partial charge in [0.05, 0.1) is 18.9 Å². The highest BCUT2D eigenvalue weighted by atomic mass is 32.1. The van der Waals surface area contributed by atoms with Gasteiger partial charge in [-0.1, -0.05) is 48.0 Å². The van der Waals surface area contributed by atoms with Crippen molar-refractivity contribution in [3.8, 4) is 11.3 Å². The molecule has 5 rings (SSSR count). The highest BCUT2D eigenvalue weighted by Crippen LogP contribution is 2.25. The first-order chi connectivity index (χ1) is 18.0. The van der Waals surface area contributed by atoms with Crippen LogP contribution < -0.4 is 5.32 Å². The van der Waals surface area contributed by atoms with Gasteiger partial charge in [-0.05, 0) is 31.9 Å². The summed E-state index contributed by atoms with van der Waals surface area (Å²) >= 11 is 1.65. The van der Waals surface area contributed by atoms with Crippen LogP contribution in [-0.2, 0) is 11.2 Å². The van der Waals surface area contributed by atoms with Gasteiger partial charge in [0.1, 0.15) is 0 Å². The number of benzene rings is 2. The standard InChI is InChI=1S/C29H35N5O2S/c1-21-7-9-24(10-8-21)26-19-34-25(20-37-29(34)30-26)11-12-33(14-13-32-15-17-36-18-16-32)28(35)31-27-22(2)5-4-6-23(27)3/h4-10,19-20H,11-18H2,1-3H3,(H,31,35). The normalized spacial score (nSPS) is 14.2. The lowest BCUT2D eigenvalue weighted by atomic mass is 10.1. The molecule has 0 unspecified atom stereocenters. The molecule has 37 heavy (non-hydrogen) atoms. The van der Waals surface area contributed by atoms with E-state index in [0.717, 1.165) is 72.3 Å². The van der Waals surface area contributed by atoms with E-state index in [1.807, 2.05) is 36.9 Å². The number of para-hydroxylation sites is 1. The van der Waals surface area contributed by atoms with Gasteiger partial charge in [0.2, 0.25) is 0 Å². The Morgan fingerprint density at radius 3 is 2.51 bits per heavy atom. The minimum atomic E-state index is -0.0527. The van der Waals surface area contributed by atoms with Gasteiger partial charge in [-0.3, -0.25) is 9.30 Å². The molecule has 0 spiro atoms. The van der Waals surface area contributed by atoms with Gasteiger partial charge in [0.15, 0.2) is 4.96 Å². The molecule has 0 aliphatic carbocycles. The SMILES string of the molecule is Cc1ccc(-c2cn3c(CCN(CCN4CCOCC4)C(=O)Nc4c(C)cccc4C)csc3n2)cc1. The summed E-state index contributed by atoms with van der Waals surface area (Å²) in [6.07, 6.45) is 2.87. The summed E-state index contributed by atoms with van der Waals surface area (Å²) in [6.45, 7) is 11.6. The molecule has 194 valence electrons. The third-order valence-electron chi connectivity index (χ3n) is 7.06. The lowest BCUT2D eigenvalue weighted by Crippen LogP contribution is -2.45. The number of carbonyl (C=O) groups is 1. The minimum absolute atomic E-state index is 0.0527. The topological polar surface area (TPSA) is 62.1 Å². The van der Waals surface area contributed by atoms with Crippen LogP contribution in [0.3, 0.4) is 0 Å². The Bertz CT molecular complexity index is 1330. The summed E-state index contributed by atoms with van der Waals surface area (Å²) in [7, 11) is 0. The summed E-state index contributed by atoms with van der Waals surface area (Å²) in [5.74, 6) is 0. The highest BCUT2D eigenvalue weighted by Gasteiger charge is 2.19. The average Bonchev–Trinajstić information content (AvgIpc) is 3.49. The Kier molecular flexibility index (Phi) is 7.88.